The number of nitrogens with one attached hydrogen (secondary N) is 2. The molecule has 0 radical (unpaired) electrons. The fourth-order valence-corrected chi connectivity index (χ4v) is 2.64. The van der Waals surface area contributed by atoms with Crippen LogP contribution in [0.3, 0.4) is 0 Å². The van der Waals surface area contributed by atoms with Crippen LogP contribution in [0, 0.1) is 5.41 Å². The van der Waals surface area contributed by atoms with Gasteiger partial charge in [0, 0.05) is 23.4 Å². The zero-order valence-corrected chi connectivity index (χ0v) is 16.2. The number of nitrogens with two attached hydrogens (primary N) is 1. The normalized spacial score (nSPS) is 12.7. The lowest BCUT2D eigenvalue weighted by atomic mass is 10.0. The van der Waals surface area contributed by atoms with Gasteiger partial charge >= 0.3 is 0 Å². The minimum atomic E-state index is -0.152. The molecule has 0 heterocycles. The third-order valence-electron chi connectivity index (χ3n) is 4.50. The largest absolute Gasteiger partial charge is 0.506 e. The van der Waals surface area contributed by atoms with Crippen LogP contribution in [-0.2, 0) is 0 Å². The fraction of sp³-hybridized carbons (Fsp3) is 0.182. The maximum absolute atomic E-state index is 10.3. The maximum atomic E-state index is 10.3. The molecule has 0 aliphatic rings. The molecule has 146 valence electrons. The first-order valence-electron chi connectivity index (χ1n) is 8.82. The van der Waals surface area contributed by atoms with Crippen LogP contribution in [0.15, 0.2) is 76.1 Å². The number of nitrogens with zero attached hydrogens (tertiary/aromatic N) is 1. The van der Waals surface area contributed by atoms with E-state index in [-0.39, 0.29) is 18.2 Å². The molecule has 0 unspecified atom stereocenters. The van der Waals surface area contributed by atoms with Crippen LogP contribution >= 0.6 is 0 Å². The number of amidine groups is 1. The van der Waals surface area contributed by atoms with Gasteiger partial charge in [0.05, 0.1) is 12.3 Å². The number of hydrogen-bond donors (Lipinski definition) is 5. The van der Waals surface area contributed by atoms with Crippen molar-refractivity contribution in [1.29, 1.82) is 5.41 Å². The molecule has 0 aliphatic heterocycles. The number of nitrogen functional groups attached to an aromatic ring is 1. The predicted molar refractivity (Wildman–Crippen MR) is 116 cm³/mol. The van der Waals surface area contributed by atoms with Crippen molar-refractivity contribution < 1.29 is 10.2 Å². The van der Waals surface area contributed by atoms with Crippen molar-refractivity contribution in [2.24, 2.45) is 10.7 Å². The number of allylic oxidation sites excluding steroid dienone is 1. The molecule has 2 aromatic rings. The van der Waals surface area contributed by atoms with Crippen molar-refractivity contribution in [2.45, 2.75) is 13.8 Å². The zero-order valence-electron chi connectivity index (χ0n) is 16.2. The number of anilines is 1. The average molecular weight is 378 g/mol. The van der Waals surface area contributed by atoms with Gasteiger partial charge in [-0.1, -0.05) is 36.4 Å². The summed E-state index contributed by atoms with van der Waals surface area (Å²) < 4.78 is 0. The van der Waals surface area contributed by atoms with Crippen molar-refractivity contribution in [3.05, 3.63) is 76.7 Å². The molecule has 0 spiro atoms. The summed E-state index contributed by atoms with van der Waals surface area (Å²) in [7, 11) is 0. The molecule has 0 saturated carbocycles. The zero-order chi connectivity index (χ0) is 20.7. The molecule has 2 aromatic carbocycles. The summed E-state index contributed by atoms with van der Waals surface area (Å²) in [5.41, 5.74) is 10.8. The number of aliphatic imine (C=N–C) groups is 1. The quantitative estimate of drug-likeness (QED) is 0.208. The van der Waals surface area contributed by atoms with E-state index in [0.717, 1.165) is 16.8 Å². The van der Waals surface area contributed by atoms with Gasteiger partial charge in [-0.15, -0.1) is 0 Å². The Morgan fingerprint density at radius 1 is 1.07 bits per heavy atom. The third-order valence-corrected chi connectivity index (χ3v) is 4.50. The average Bonchev–Trinajstić information content (AvgIpc) is 2.73. The Bertz CT molecular complexity index is 911. The number of hydrogen-bond acceptors (Lipinski definition) is 5. The smallest absolute Gasteiger partial charge is 0.141 e. The van der Waals surface area contributed by atoms with E-state index in [1.54, 1.807) is 13.8 Å². The van der Waals surface area contributed by atoms with Gasteiger partial charge in [0.2, 0.25) is 0 Å². The Kier molecular flexibility index (Phi) is 7.12. The molecule has 0 amide bonds. The van der Waals surface area contributed by atoms with Gasteiger partial charge in [0.1, 0.15) is 11.6 Å². The van der Waals surface area contributed by atoms with Crippen molar-refractivity contribution in [2.75, 3.05) is 18.5 Å². The number of rotatable bonds is 8. The Morgan fingerprint density at radius 2 is 1.61 bits per heavy atom. The van der Waals surface area contributed by atoms with E-state index in [1.807, 2.05) is 48.5 Å². The van der Waals surface area contributed by atoms with E-state index in [9.17, 15) is 10.2 Å². The molecule has 0 atom stereocenters. The molecular weight excluding hydrogens is 352 g/mol. The van der Waals surface area contributed by atoms with Crippen molar-refractivity contribution in [3.63, 3.8) is 0 Å². The van der Waals surface area contributed by atoms with Gasteiger partial charge in [0.25, 0.3) is 0 Å². The van der Waals surface area contributed by atoms with Crippen LogP contribution in [-0.4, -0.2) is 35.9 Å². The molecule has 6 nitrogen and oxygen atoms in total. The lowest BCUT2D eigenvalue weighted by molar-refractivity contribution is 0.327. The second kappa shape index (κ2) is 9.53. The molecule has 6 N–H and O–H groups in total. The van der Waals surface area contributed by atoms with Crippen LogP contribution < -0.4 is 11.1 Å². The standard InChI is InChI=1S/C22H26N4O2/c1-14(13-27)20(21(28)15(2)25-3)12-26-19-10-8-17(9-11-19)16-4-6-18(7-5-16)22(23)24/h4-11,26-28H,3,12-13H2,1-2H3,(H3,23,24)/b20-14+,21-15+. The van der Waals surface area contributed by atoms with E-state index in [0.29, 0.717) is 29.0 Å². The minimum Gasteiger partial charge on any atom is -0.506 e. The second-order valence-electron chi connectivity index (χ2n) is 6.43. The summed E-state index contributed by atoms with van der Waals surface area (Å²) in [6.45, 7) is 7.05. The summed E-state index contributed by atoms with van der Waals surface area (Å²) in [4.78, 5) is 3.76. The third kappa shape index (κ3) is 5.08. The Labute approximate surface area is 165 Å². The van der Waals surface area contributed by atoms with Crippen molar-refractivity contribution in [1.82, 2.24) is 0 Å². The summed E-state index contributed by atoms with van der Waals surface area (Å²) in [6.07, 6.45) is 0. The van der Waals surface area contributed by atoms with Crippen LogP contribution in [0.4, 0.5) is 5.69 Å². The van der Waals surface area contributed by atoms with Gasteiger partial charge in [-0.2, -0.15) is 0 Å². The lowest BCUT2D eigenvalue weighted by Gasteiger charge is -2.14. The van der Waals surface area contributed by atoms with E-state index in [1.165, 1.54) is 0 Å². The van der Waals surface area contributed by atoms with Crippen LogP contribution in [0.2, 0.25) is 0 Å². The number of benzene rings is 2. The van der Waals surface area contributed by atoms with E-state index in [2.05, 4.69) is 17.0 Å². The van der Waals surface area contributed by atoms with Crippen LogP contribution in [0.25, 0.3) is 11.1 Å². The van der Waals surface area contributed by atoms with Crippen LogP contribution in [0.5, 0.6) is 0 Å². The van der Waals surface area contributed by atoms with Gasteiger partial charge in [-0.25, -0.2) is 0 Å². The first kappa shape index (κ1) is 20.9. The van der Waals surface area contributed by atoms with Gasteiger partial charge < -0.3 is 21.3 Å². The molecule has 0 bridgehead atoms. The Morgan fingerprint density at radius 3 is 2.07 bits per heavy atom. The highest BCUT2D eigenvalue weighted by Crippen LogP contribution is 2.23. The molecule has 2 rings (SSSR count). The molecule has 28 heavy (non-hydrogen) atoms. The molecule has 0 aliphatic carbocycles. The van der Waals surface area contributed by atoms with Gasteiger partial charge in [0.15, 0.2) is 0 Å². The highest BCUT2D eigenvalue weighted by Gasteiger charge is 2.11. The number of aliphatic hydroxyl groups is 2. The first-order chi connectivity index (χ1) is 13.4. The summed E-state index contributed by atoms with van der Waals surface area (Å²) in [5, 5.41) is 30.5. The fourth-order valence-electron chi connectivity index (χ4n) is 2.64. The first-order valence-corrected chi connectivity index (χ1v) is 8.82. The summed E-state index contributed by atoms with van der Waals surface area (Å²) in [6, 6.07) is 15.4. The van der Waals surface area contributed by atoms with Gasteiger partial charge in [-0.05, 0) is 49.4 Å². The monoisotopic (exact) mass is 378 g/mol. The van der Waals surface area contributed by atoms with Crippen molar-refractivity contribution in [3.8, 4) is 11.1 Å². The summed E-state index contributed by atoms with van der Waals surface area (Å²) in [5.74, 6) is 0.0727. The molecule has 6 heteroatoms. The molecule has 0 saturated heterocycles. The van der Waals surface area contributed by atoms with E-state index in [4.69, 9.17) is 11.1 Å². The SMILES string of the molecule is C=N/C(C)=C(O)\C(CNc1ccc(-c2ccc(C(=N)N)cc2)cc1)=C(/C)CO. The van der Waals surface area contributed by atoms with Crippen LogP contribution in [0.1, 0.15) is 19.4 Å². The highest BCUT2D eigenvalue weighted by atomic mass is 16.3. The molecular formula is C22H26N4O2. The minimum absolute atomic E-state index is 0.0243. The Balaban J connectivity index is 2.15. The maximum Gasteiger partial charge on any atom is 0.141 e. The van der Waals surface area contributed by atoms with Crippen molar-refractivity contribution >= 4 is 18.2 Å². The highest BCUT2D eigenvalue weighted by molar-refractivity contribution is 5.95. The molecule has 0 aromatic heterocycles. The lowest BCUT2D eigenvalue weighted by Crippen LogP contribution is -2.11. The topological polar surface area (TPSA) is 115 Å². The molecule has 0 fully saturated rings. The summed E-state index contributed by atoms with van der Waals surface area (Å²) >= 11 is 0. The van der Waals surface area contributed by atoms with E-state index >= 15 is 0 Å². The van der Waals surface area contributed by atoms with E-state index < -0.39 is 0 Å². The number of aliphatic hydroxyl groups excluding tert-OH is 2. The Hall–Kier alpha value is -3.38. The predicted octanol–water partition coefficient (Wildman–Crippen LogP) is 3.85. The second-order valence-corrected chi connectivity index (χ2v) is 6.43. The van der Waals surface area contributed by atoms with Gasteiger partial charge in [-0.3, -0.25) is 10.4 Å².